The van der Waals surface area contributed by atoms with E-state index < -0.39 is 17.8 Å². The minimum absolute atomic E-state index is 0.126. The zero-order valence-corrected chi connectivity index (χ0v) is 14.2. The van der Waals surface area contributed by atoms with Gasteiger partial charge >= 0.3 is 17.8 Å². The van der Waals surface area contributed by atoms with Crippen molar-refractivity contribution in [3.63, 3.8) is 0 Å². The number of aromatic nitrogens is 2. The highest BCUT2D eigenvalue weighted by atomic mass is 32.1. The Morgan fingerprint density at radius 2 is 1.96 bits per heavy atom. The van der Waals surface area contributed by atoms with Gasteiger partial charge in [-0.3, -0.25) is 14.5 Å². The van der Waals surface area contributed by atoms with E-state index in [0.29, 0.717) is 5.82 Å². The minimum Gasteiger partial charge on any atom is -0.337 e. The predicted octanol–water partition coefficient (Wildman–Crippen LogP) is 2.42. The van der Waals surface area contributed by atoms with E-state index >= 15 is 0 Å². The molecule has 0 atom stereocenters. The van der Waals surface area contributed by atoms with Crippen molar-refractivity contribution >= 4 is 29.2 Å². The van der Waals surface area contributed by atoms with E-state index in [1.54, 1.807) is 0 Å². The Kier molecular flexibility index (Phi) is 4.08. The molecule has 1 saturated carbocycles. The zero-order valence-electron chi connectivity index (χ0n) is 13.4. The minimum atomic E-state index is -0.828. The molecule has 25 heavy (non-hydrogen) atoms. The lowest BCUT2D eigenvalue weighted by molar-refractivity contribution is -0.144. The molecule has 1 saturated heterocycles. The number of hydrogen-bond donors (Lipinski definition) is 0. The van der Waals surface area contributed by atoms with Gasteiger partial charge in [0.05, 0.1) is 0 Å². The summed E-state index contributed by atoms with van der Waals surface area (Å²) < 4.78 is 5.13. The van der Waals surface area contributed by atoms with E-state index in [4.69, 9.17) is 4.52 Å². The molecule has 0 unspecified atom stereocenters. The van der Waals surface area contributed by atoms with Gasteiger partial charge in [-0.1, -0.05) is 24.4 Å². The van der Waals surface area contributed by atoms with Crippen LogP contribution in [0.5, 0.6) is 0 Å². The summed E-state index contributed by atoms with van der Waals surface area (Å²) in [5.74, 6) is -1.06. The molecule has 4 amide bonds. The third-order valence-electron chi connectivity index (χ3n) is 4.56. The number of thiophene rings is 1. The van der Waals surface area contributed by atoms with Gasteiger partial charge in [0.25, 0.3) is 0 Å². The number of amides is 4. The Balaban J connectivity index is 1.51. The van der Waals surface area contributed by atoms with Crippen molar-refractivity contribution in [2.24, 2.45) is 0 Å². The van der Waals surface area contributed by atoms with Crippen LogP contribution in [0.25, 0.3) is 11.4 Å². The maximum Gasteiger partial charge on any atom is 0.334 e. The van der Waals surface area contributed by atoms with Gasteiger partial charge in [0.1, 0.15) is 6.54 Å². The lowest BCUT2D eigenvalue weighted by atomic mass is 9.94. The van der Waals surface area contributed by atoms with Crippen molar-refractivity contribution in [3.05, 3.63) is 22.7 Å². The molecule has 9 heteroatoms. The van der Waals surface area contributed by atoms with Crippen LogP contribution in [-0.2, 0) is 16.1 Å². The summed E-state index contributed by atoms with van der Waals surface area (Å²) in [6.45, 7) is -0.191. The molecule has 4 rings (SSSR count). The van der Waals surface area contributed by atoms with Gasteiger partial charge < -0.3 is 4.52 Å². The van der Waals surface area contributed by atoms with Crippen LogP contribution in [0.4, 0.5) is 4.79 Å². The van der Waals surface area contributed by atoms with Gasteiger partial charge in [-0.25, -0.2) is 9.69 Å². The standard InChI is InChI=1S/C16H16N4O4S/c21-14-15(22)20(11-4-2-1-3-5-11)16(23)19(14)8-12-17-13(18-24-12)10-6-7-25-9-10/h6-7,9,11H,1-5,8H2. The molecular formula is C16H16N4O4S. The smallest absolute Gasteiger partial charge is 0.334 e. The van der Waals surface area contributed by atoms with Gasteiger partial charge in [0.15, 0.2) is 0 Å². The van der Waals surface area contributed by atoms with E-state index in [2.05, 4.69) is 10.1 Å². The van der Waals surface area contributed by atoms with E-state index in [9.17, 15) is 14.4 Å². The molecule has 0 spiro atoms. The molecule has 1 aliphatic carbocycles. The average Bonchev–Trinajstić information content (AvgIpc) is 3.34. The van der Waals surface area contributed by atoms with E-state index in [-0.39, 0.29) is 18.5 Å². The monoisotopic (exact) mass is 360 g/mol. The summed E-state index contributed by atoms with van der Waals surface area (Å²) in [4.78, 5) is 43.3. The Morgan fingerprint density at radius 1 is 1.16 bits per heavy atom. The Bertz CT molecular complexity index is 810. The molecule has 1 aliphatic heterocycles. The first-order chi connectivity index (χ1) is 12.1. The second-order valence-corrected chi connectivity index (χ2v) is 6.94. The molecule has 3 heterocycles. The van der Waals surface area contributed by atoms with Crippen molar-refractivity contribution in [1.29, 1.82) is 0 Å². The summed E-state index contributed by atoms with van der Waals surface area (Å²) in [5, 5.41) is 7.61. The van der Waals surface area contributed by atoms with Crippen LogP contribution in [0.3, 0.4) is 0 Å². The lowest BCUT2D eigenvalue weighted by Gasteiger charge is -2.28. The third-order valence-corrected chi connectivity index (χ3v) is 5.25. The van der Waals surface area contributed by atoms with Crippen molar-refractivity contribution in [2.75, 3.05) is 0 Å². The lowest BCUT2D eigenvalue weighted by Crippen LogP contribution is -2.42. The number of nitrogens with zero attached hydrogens (tertiary/aromatic N) is 4. The van der Waals surface area contributed by atoms with Crippen molar-refractivity contribution < 1.29 is 18.9 Å². The van der Waals surface area contributed by atoms with Crippen LogP contribution < -0.4 is 0 Å². The van der Waals surface area contributed by atoms with Crippen LogP contribution in [0.15, 0.2) is 21.3 Å². The summed E-state index contributed by atoms with van der Waals surface area (Å²) >= 11 is 1.50. The molecule has 0 radical (unpaired) electrons. The van der Waals surface area contributed by atoms with Gasteiger partial charge in [-0.2, -0.15) is 16.3 Å². The van der Waals surface area contributed by atoms with Gasteiger partial charge in [0, 0.05) is 17.0 Å². The summed E-state index contributed by atoms with van der Waals surface area (Å²) in [6.07, 6.45) is 4.52. The molecule has 2 aliphatic rings. The number of urea groups is 1. The van der Waals surface area contributed by atoms with Gasteiger partial charge in [-0.05, 0) is 24.3 Å². The highest BCUT2D eigenvalue weighted by Gasteiger charge is 2.48. The highest BCUT2D eigenvalue weighted by molar-refractivity contribution is 7.08. The van der Waals surface area contributed by atoms with Gasteiger partial charge in [0.2, 0.25) is 11.7 Å². The first kappa shape index (κ1) is 15.9. The quantitative estimate of drug-likeness (QED) is 0.614. The Hall–Kier alpha value is -2.55. The van der Waals surface area contributed by atoms with Crippen LogP contribution in [-0.4, -0.2) is 43.8 Å². The number of carbonyl (C=O) groups is 3. The maximum atomic E-state index is 12.6. The normalized spacial score (nSPS) is 19.3. The van der Waals surface area contributed by atoms with Crippen molar-refractivity contribution in [2.45, 2.75) is 44.7 Å². The molecule has 130 valence electrons. The van der Waals surface area contributed by atoms with E-state index in [1.807, 2.05) is 16.8 Å². The summed E-state index contributed by atoms with van der Waals surface area (Å²) in [6, 6.07) is 1.07. The largest absolute Gasteiger partial charge is 0.337 e. The maximum absolute atomic E-state index is 12.6. The van der Waals surface area contributed by atoms with Gasteiger partial charge in [-0.15, -0.1) is 0 Å². The number of rotatable bonds is 4. The highest BCUT2D eigenvalue weighted by Crippen LogP contribution is 2.28. The molecule has 2 aromatic heterocycles. The van der Waals surface area contributed by atoms with Crippen molar-refractivity contribution in [1.82, 2.24) is 19.9 Å². The first-order valence-corrected chi connectivity index (χ1v) is 9.13. The summed E-state index contributed by atoms with van der Waals surface area (Å²) in [7, 11) is 0. The molecule has 8 nitrogen and oxygen atoms in total. The molecule has 0 aromatic carbocycles. The zero-order chi connectivity index (χ0) is 17.4. The van der Waals surface area contributed by atoms with E-state index in [0.717, 1.165) is 47.5 Å². The Labute approximate surface area is 147 Å². The van der Waals surface area contributed by atoms with Crippen LogP contribution in [0.1, 0.15) is 38.0 Å². The topological polar surface area (TPSA) is 96.6 Å². The van der Waals surface area contributed by atoms with Crippen LogP contribution in [0, 0.1) is 0 Å². The fourth-order valence-corrected chi connectivity index (χ4v) is 3.92. The average molecular weight is 360 g/mol. The second kappa shape index (κ2) is 6.40. The predicted molar refractivity (Wildman–Crippen MR) is 87.3 cm³/mol. The molecule has 2 fully saturated rings. The molecule has 2 aromatic rings. The molecular weight excluding hydrogens is 344 g/mol. The molecule has 0 bridgehead atoms. The fourth-order valence-electron chi connectivity index (χ4n) is 3.29. The first-order valence-electron chi connectivity index (χ1n) is 8.19. The van der Waals surface area contributed by atoms with E-state index in [1.165, 1.54) is 11.3 Å². The number of hydrogen-bond acceptors (Lipinski definition) is 7. The number of imide groups is 2. The summed E-state index contributed by atoms with van der Waals surface area (Å²) in [5.41, 5.74) is 0.805. The van der Waals surface area contributed by atoms with Crippen LogP contribution >= 0.6 is 11.3 Å². The SMILES string of the molecule is O=C1C(=O)N(C2CCCCC2)C(=O)N1Cc1nc(-c2ccsc2)no1. The van der Waals surface area contributed by atoms with Crippen LogP contribution in [0.2, 0.25) is 0 Å². The number of carbonyl (C=O) groups excluding carboxylic acids is 3. The second-order valence-electron chi connectivity index (χ2n) is 6.16. The van der Waals surface area contributed by atoms with Crippen molar-refractivity contribution in [3.8, 4) is 11.4 Å². The third kappa shape index (κ3) is 2.84. The fraction of sp³-hybridized carbons (Fsp3) is 0.438. The Morgan fingerprint density at radius 3 is 2.68 bits per heavy atom. The molecule has 0 N–H and O–H groups in total.